The highest BCUT2D eigenvalue weighted by Crippen LogP contribution is 2.25. The minimum Gasteiger partial charge on any atom is -0.492 e. The number of likely N-dealkylation sites (N-methyl/N-ethyl adjacent to an activating group) is 1. The summed E-state index contributed by atoms with van der Waals surface area (Å²) < 4.78 is 5.93. The van der Waals surface area contributed by atoms with Crippen molar-refractivity contribution in [2.45, 2.75) is 26.2 Å². The zero-order valence-corrected chi connectivity index (χ0v) is 13.8. The first-order chi connectivity index (χ1) is 9.85. The molecule has 0 N–H and O–H groups in total. The van der Waals surface area contributed by atoms with Gasteiger partial charge in [-0.2, -0.15) is 0 Å². The Balaban J connectivity index is 0.00000161. The van der Waals surface area contributed by atoms with Crippen molar-refractivity contribution in [1.29, 1.82) is 0 Å². The van der Waals surface area contributed by atoms with Crippen LogP contribution >= 0.6 is 12.4 Å². The third-order valence-electron chi connectivity index (χ3n) is 4.66. The highest BCUT2D eigenvalue weighted by molar-refractivity contribution is 5.85. The van der Waals surface area contributed by atoms with Crippen LogP contribution in [0.4, 0.5) is 0 Å². The summed E-state index contributed by atoms with van der Waals surface area (Å²) in [6, 6.07) is 6.63. The average molecular weight is 311 g/mol. The van der Waals surface area contributed by atoms with E-state index in [1.165, 1.54) is 63.1 Å². The molecule has 3 rings (SSSR count). The van der Waals surface area contributed by atoms with Crippen LogP contribution in [-0.4, -0.2) is 55.7 Å². The Kier molecular flexibility index (Phi) is 6.34. The minimum atomic E-state index is 0. The number of benzene rings is 1. The molecule has 0 radical (unpaired) electrons. The lowest BCUT2D eigenvalue weighted by Crippen LogP contribution is -2.47. The zero-order valence-electron chi connectivity index (χ0n) is 13.0. The first-order valence-electron chi connectivity index (χ1n) is 8.04. The fourth-order valence-electron chi connectivity index (χ4n) is 3.26. The summed E-state index contributed by atoms with van der Waals surface area (Å²) in [7, 11) is 0. The van der Waals surface area contributed by atoms with Crippen molar-refractivity contribution in [3.8, 4) is 5.75 Å². The molecule has 1 aromatic carbocycles. The quantitative estimate of drug-likeness (QED) is 0.831. The van der Waals surface area contributed by atoms with Crippen LogP contribution in [0.1, 0.15) is 24.5 Å². The maximum absolute atomic E-state index is 5.93. The van der Waals surface area contributed by atoms with Gasteiger partial charge in [0, 0.05) is 32.7 Å². The molecule has 2 aliphatic rings. The van der Waals surface area contributed by atoms with E-state index in [4.69, 9.17) is 4.74 Å². The lowest BCUT2D eigenvalue weighted by Gasteiger charge is -2.33. The smallest absolute Gasteiger partial charge is 0.119 e. The highest BCUT2D eigenvalue weighted by atomic mass is 35.5. The van der Waals surface area contributed by atoms with Crippen molar-refractivity contribution in [3.05, 3.63) is 29.3 Å². The van der Waals surface area contributed by atoms with Gasteiger partial charge in [0.2, 0.25) is 0 Å². The van der Waals surface area contributed by atoms with E-state index in [0.29, 0.717) is 0 Å². The van der Waals surface area contributed by atoms with Gasteiger partial charge in [0.15, 0.2) is 0 Å². The van der Waals surface area contributed by atoms with Crippen molar-refractivity contribution >= 4 is 12.4 Å². The molecule has 3 nitrogen and oxygen atoms in total. The number of fused-ring (bicyclic) bond motifs is 1. The molecule has 0 spiro atoms. The van der Waals surface area contributed by atoms with Gasteiger partial charge in [0.25, 0.3) is 0 Å². The number of halogens is 1. The Morgan fingerprint density at radius 3 is 2.48 bits per heavy atom. The van der Waals surface area contributed by atoms with E-state index in [1.54, 1.807) is 0 Å². The van der Waals surface area contributed by atoms with Gasteiger partial charge in [-0.05, 0) is 49.1 Å². The van der Waals surface area contributed by atoms with E-state index in [2.05, 4.69) is 34.9 Å². The fourth-order valence-corrected chi connectivity index (χ4v) is 3.26. The largest absolute Gasteiger partial charge is 0.492 e. The lowest BCUT2D eigenvalue weighted by atomic mass is 10.1. The predicted octanol–water partition coefficient (Wildman–Crippen LogP) is 2.61. The minimum absolute atomic E-state index is 0. The topological polar surface area (TPSA) is 15.7 Å². The molecule has 0 aromatic heterocycles. The second-order valence-corrected chi connectivity index (χ2v) is 5.91. The van der Waals surface area contributed by atoms with Crippen LogP contribution in [0.15, 0.2) is 18.2 Å². The molecule has 0 bridgehead atoms. The van der Waals surface area contributed by atoms with Crippen LogP contribution in [-0.2, 0) is 12.8 Å². The fraction of sp³-hybridized carbons (Fsp3) is 0.647. The maximum atomic E-state index is 5.93. The third kappa shape index (κ3) is 4.35. The lowest BCUT2D eigenvalue weighted by molar-refractivity contribution is 0.121. The van der Waals surface area contributed by atoms with Crippen molar-refractivity contribution in [2.24, 2.45) is 0 Å². The number of nitrogens with zero attached hydrogens (tertiary/aromatic N) is 2. The summed E-state index contributed by atoms with van der Waals surface area (Å²) in [5, 5.41) is 0. The first-order valence-corrected chi connectivity index (χ1v) is 8.04. The number of ether oxygens (including phenoxy) is 1. The Morgan fingerprint density at radius 1 is 1.00 bits per heavy atom. The van der Waals surface area contributed by atoms with Crippen LogP contribution in [0, 0.1) is 0 Å². The van der Waals surface area contributed by atoms with E-state index >= 15 is 0 Å². The zero-order chi connectivity index (χ0) is 13.8. The van der Waals surface area contributed by atoms with Crippen LogP contribution in [0.5, 0.6) is 5.75 Å². The van der Waals surface area contributed by atoms with E-state index in [1.807, 2.05) is 0 Å². The predicted molar refractivity (Wildman–Crippen MR) is 89.8 cm³/mol. The Morgan fingerprint density at radius 2 is 1.71 bits per heavy atom. The number of rotatable bonds is 5. The molecule has 118 valence electrons. The second-order valence-electron chi connectivity index (χ2n) is 5.91. The Labute approximate surface area is 134 Å². The van der Waals surface area contributed by atoms with Gasteiger partial charge >= 0.3 is 0 Å². The Hall–Kier alpha value is -0.770. The standard InChI is InChI=1S/C17H26N2O.ClH/c1-2-18-8-10-19(11-9-18)12-13-20-17-7-6-15-4-3-5-16(15)14-17;/h6-7,14H,2-5,8-13H2,1H3;1H. The van der Waals surface area contributed by atoms with Crippen LogP contribution in [0.2, 0.25) is 0 Å². The molecule has 0 saturated carbocycles. The molecule has 1 saturated heterocycles. The van der Waals surface area contributed by atoms with E-state index < -0.39 is 0 Å². The van der Waals surface area contributed by atoms with Crippen LogP contribution < -0.4 is 4.74 Å². The molecule has 21 heavy (non-hydrogen) atoms. The van der Waals surface area contributed by atoms with Gasteiger partial charge in [-0.15, -0.1) is 12.4 Å². The molecule has 1 fully saturated rings. The van der Waals surface area contributed by atoms with Crippen LogP contribution in [0.3, 0.4) is 0 Å². The molecular formula is C17H27ClN2O. The van der Waals surface area contributed by atoms with Gasteiger partial charge in [-0.1, -0.05) is 13.0 Å². The number of hydrogen-bond acceptors (Lipinski definition) is 3. The normalized spacial score (nSPS) is 19.1. The summed E-state index contributed by atoms with van der Waals surface area (Å²) in [5.41, 5.74) is 3.02. The molecule has 0 unspecified atom stereocenters. The summed E-state index contributed by atoms with van der Waals surface area (Å²) >= 11 is 0. The third-order valence-corrected chi connectivity index (χ3v) is 4.66. The highest BCUT2D eigenvalue weighted by Gasteiger charge is 2.15. The van der Waals surface area contributed by atoms with Crippen molar-refractivity contribution in [3.63, 3.8) is 0 Å². The maximum Gasteiger partial charge on any atom is 0.119 e. The number of hydrogen-bond donors (Lipinski definition) is 0. The summed E-state index contributed by atoms with van der Waals surface area (Å²) in [6.07, 6.45) is 3.78. The summed E-state index contributed by atoms with van der Waals surface area (Å²) in [6.45, 7) is 10.1. The number of aryl methyl sites for hydroxylation is 2. The SMILES string of the molecule is CCN1CCN(CCOc2ccc3c(c2)CCC3)CC1.Cl. The monoisotopic (exact) mass is 310 g/mol. The van der Waals surface area contributed by atoms with Gasteiger partial charge in [-0.3, -0.25) is 4.90 Å². The summed E-state index contributed by atoms with van der Waals surface area (Å²) in [5.74, 6) is 1.05. The van der Waals surface area contributed by atoms with Crippen molar-refractivity contribution in [1.82, 2.24) is 9.80 Å². The summed E-state index contributed by atoms with van der Waals surface area (Å²) in [4.78, 5) is 5.03. The molecule has 1 aliphatic carbocycles. The van der Waals surface area contributed by atoms with Gasteiger partial charge < -0.3 is 9.64 Å². The second kappa shape index (κ2) is 8.02. The van der Waals surface area contributed by atoms with E-state index in [-0.39, 0.29) is 12.4 Å². The number of piperazine rings is 1. The van der Waals surface area contributed by atoms with E-state index in [0.717, 1.165) is 18.9 Å². The van der Waals surface area contributed by atoms with Crippen molar-refractivity contribution in [2.75, 3.05) is 45.9 Å². The van der Waals surface area contributed by atoms with Crippen LogP contribution in [0.25, 0.3) is 0 Å². The molecule has 1 aromatic rings. The average Bonchev–Trinajstić information content (AvgIpc) is 2.95. The van der Waals surface area contributed by atoms with Gasteiger partial charge in [0.05, 0.1) is 0 Å². The molecule has 1 aliphatic heterocycles. The van der Waals surface area contributed by atoms with Crippen molar-refractivity contribution < 1.29 is 4.74 Å². The first kappa shape index (κ1) is 16.6. The molecule has 0 amide bonds. The molecular weight excluding hydrogens is 284 g/mol. The van der Waals surface area contributed by atoms with E-state index in [9.17, 15) is 0 Å². The molecule has 0 atom stereocenters. The van der Waals surface area contributed by atoms with Gasteiger partial charge in [0.1, 0.15) is 12.4 Å². The Bertz CT molecular complexity index is 444. The molecule has 1 heterocycles. The van der Waals surface area contributed by atoms with Gasteiger partial charge in [-0.25, -0.2) is 0 Å². The molecule has 4 heteroatoms.